The molecule has 3 rings (SSSR count). The first-order valence-electron chi connectivity index (χ1n) is 8.26. The van der Waals surface area contributed by atoms with Crippen LogP contribution in [-0.2, 0) is 4.79 Å². The van der Waals surface area contributed by atoms with Gasteiger partial charge in [0.2, 0.25) is 5.91 Å². The second kappa shape index (κ2) is 8.62. The largest absolute Gasteiger partial charge is 0.486 e. The predicted octanol–water partition coefficient (Wildman–Crippen LogP) is 2.75. The Bertz CT molecular complexity index is 779. The number of rotatable bonds is 5. The first-order chi connectivity index (χ1) is 12.6. The van der Waals surface area contributed by atoms with E-state index in [1.54, 1.807) is 0 Å². The third-order valence-electron chi connectivity index (χ3n) is 3.70. The molecular weight excluding hydrogens is 352 g/mol. The summed E-state index contributed by atoms with van der Waals surface area (Å²) in [5.41, 5.74) is 1.16. The molecule has 7 heteroatoms. The van der Waals surface area contributed by atoms with Gasteiger partial charge < -0.3 is 14.8 Å². The van der Waals surface area contributed by atoms with Gasteiger partial charge >= 0.3 is 6.03 Å². The Balaban J connectivity index is 1.37. The summed E-state index contributed by atoms with van der Waals surface area (Å²) in [6.07, 6.45) is -0.298. The molecule has 1 aliphatic rings. The minimum Gasteiger partial charge on any atom is -0.486 e. The normalized spacial score (nSPS) is 15.2. The lowest BCUT2D eigenvalue weighted by molar-refractivity contribution is -0.117. The highest BCUT2D eigenvalue weighted by molar-refractivity contribution is 8.00. The van der Waals surface area contributed by atoms with Gasteiger partial charge in [-0.3, -0.25) is 10.1 Å². The van der Waals surface area contributed by atoms with Crippen LogP contribution in [-0.4, -0.2) is 36.9 Å². The quantitative estimate of drug-likeness (QED) is 0.790. The SMILES string of the molecule is Cc1ccc(SCC(=O)NC(=O)NCC2COc3ccccc3O2)cc1. The molecule has 0 aromatic heterocycles. The first-order valence-corrected chi connectivity index (χ1v) is 9.24. The molecule has 2 aromatic rings. The fourth-order valence-corrected chi connectivity index (χ4v) is 3.06. The van der Waals surface area contributed by atoms with Crippen molar-refractivity contribution < 1.29 is 19.1 Å². The number of aryl methyl sites for hydroxylation is 1. The van der Waals surface area contributed by atoms with E-state index >= 15 is 0 Å². The standard InChI is InChI=1S/C19H20N2O4S/c1-13-6-8-15(9-7-13)26-12-18(22)21-19(23)20-10-14-11-24-16-4-2-3-5-17(16)25-14/h2-9,14H,10-12H2,1H3,(H2,20,21,22,23). The summed E-state index contributed by atoms with van der Waals surface area (Å²) in [4.78, 5) is 24.7. The van der Waals surface area contributed by atoms with Gasteiger partial charge in [0.25, 0.3) is 0 Å². The average molecular weight is 372 g/mol. The topological polar surface area (TPSA) is 76.7 Å². The van der Waals surface area contributed by atoms with Crippen molar-refractivity contribution in [2.45, 2.75) is 17.9 Å². The number of hydrogen-bond donors (Lipinski definition) is 2. The molecule has 1 aliphatic heterocycles. The predicted molar refractivity (Wildman–Crippen MR) is 99.8 cm³/mol. The van der Waals surface area contributed by atoms with Gasteiger partial charge in [-0.1, -0.05) is 29.8 Å². The number of benzene rings is 2. The maximum Gasteiger partial charge on any atom is 0.321 e. The van der Waals surface area contributed by atoms with E-state index in [1.165, 1.54) is 11.8 Å². The maximum absolute atomic E-state index is 11.9. The van der Waals surface area contributed by atoms with E-state index in [1.807, 2.05) is 55.5 Å². The minimum absolute atomic E-state index is 0.174. The summed E-state index contributed by atoms with van der Waals surface area (Å²) < 4.78 is 11.3. The molecule has 0 saturated carbocycles. The van der Waals surface area contributed by atoms with Crippen molar-refractivity contribution in [2.24, 2.45) is 0 Å². The van der Waals surface area contributed by atoms with E-state index in [2.05, 4.69) is 10.6 Å². The highest BCUT2D eigenvalue weighted by Crippen LogP contribution is 2.30. The summed E-state index contributed by atoms with van der Waals surface area (Å²) in [5.74, 6) is 1.17. The van der Waals surface area contributed by atoms with Crippen molar-refractivity contribution in [3.05, 3.63) is 54.1 Å². The number of hydrogen-bond acceptors (Lipinski definition) is 5. The Hall–Kier alpha value is -2.67. The minimum atomic E-state index is -0.540. The molecule has 3 amide bonds. The van der Waals surface area contributed by atoms with Crippen molar-refractivity contribution >= 4 is 23.7 Å². The second-order valence-corrected chi connectivity index (χ2v) is 6.91. The van der Waals surface area contributed by atoms with Crippen LogP contribution in [0, 0.1) is 6.92 Å². The third kappa shape index (κ3) is 5.16. The number of thioether (sulfide) groups is 1. The van der Waals surface area contributed by atoms with E-state index < -0.39 is 6.03 Å². The number of amides is 3. The lowest BCUT2D eigenvalue weighted by Gasteiger charge is -2.26. The molecule has 136 valence electrons. The summed E-state index contributed by atoms with van der Waals surface area (Å²) in [5, 5.41) is 4.95. The van der Waals surface area contributed by atoms with Gasteiger partial charge in [-0.2, -0.15) is 0 Å². The molecule has 2 aromatic carbocycles. The van der Waals surface area contributed by atoms with Gasteiger partial charge in [-0.25, -0.2) is 4.79 Å². The Morgan fingerprint density at radius 1 is 1.12 bits per heavy atom. The van der Waals surface area contributed by atoms with Crippen LogP contribution in [0.1, 0.15) is 5.56 Å². The van der Waals surface area contributed by atoms with Gasteiger partial charge in [0.15, 0.2) is 17.6 Å². The molecule has 1 atom stereocenters. The van der Waals surface area contributed by atoms with E-state index in [4.69, 9.17) is 9.47 Å². The molecule has 0 radical (unpaired) electrons. The fraction of sp³-hybridized carbons (Fsp3) is 0.263. The molecule has 0 aliphatic carbocycles. The van der Waals surface area contributed by atoms with Gasteiger partial charge in [0.1, 0.15) is 6.61 Å². The molecule has 1 heterocycles. The lowest BCUT2D eigenvalue weighted by Crippen LogP contribution is -2.46. The van der Waals surface area contributed by atoms with E-state index in [9.17, 15) is 9.59 Å². The first kappa shape index (κ1) is 18.1. The van der Waals surface area contributed by atoms with Crippen LogP contribution in [0.3, 0.4) is 0 Å². The summed E-state index contributed by atoms with van der Waals surface area (Å²) >= 11 is 1.38. The smallest absolute Gasteiger partial charge is 0.321 e. The zero-order valence-electron chi connectivity index (χ0n) is 14.4. The van der Waals surface area contributed by atoms with Gasteiger partial charge in [-0.05, 0) is 31.2 Å². The van der Waals surface area contributed by atoms with Crippen molar-refractivity contribution in [3.63, 3.8) is 0 Å². The van der Waals surface area contributed by atoms with Crippen LogP contribution < -0.4 is 20.1 Å². The number of nitrogens with one attached hydrogen (secondary N) is 2. The molecule has 6 nitrogen and oxygen atoms in total. The lowest BCUT2D eigenvalue weighted by atomic mass is 10.2. The van der Waals surface area contributed by atoms with Crippen molar-refractivity contribution in [1.82, 2.24) is 10.6 Å². The van der Waals surface area contributed by atoms with Crippen molar-refractivity contribution in [1.29, 1.82) is 0 Å². The van der Waals surface area contributed by atoms with Crippen LogP contribution in [0.5, 0.6) is 11.5 Å². The third-order valence-corrected chi connectivity index (χ3v) is 4.71. The van der Waals surface area contributed by atoms with Crippen LogP contribution >= 0.6 is 11.8 Å². The highest BCUT2D eigenvalue weighted by Gasteiger charge is 2.21. The number of carbonyl (C=O) groups excluding carboxylic acids is 2. The maximum atomic E-state index is 11.9. The van der Waals surface area contributed by atoms with E-state index in [0.717, 1.165) is 10.5 Å². The molecule has 1 unspecified atom stereocenters. The van der Waals surface area contributed by atoms with Crippen molar-refractivity contribution in [2.75, 3.05) is 18.9 Å². The Morgan fingerprint density at radius 3 is 2.62 bits per heavy atom. The number of imide groups is 1. The summed E-state index contributed by atoms with van der Waals surface area (Å²) in [6.45, 7) is 2.60. The molecule has 0 saturated heterocycles. The Morgan fingerprint density at radius 2 is 1.85 bits per heavy atom. The van der Waals surface area contributed by atoms with E-state index in [0.29, 0.717) is 18.1 Å². The number of carbonyl (C=O) groups is 2. The summed E-state index contributed by atoms with van der Waals surface area (Å²) in [6, 6.07) is 14.7. The monoisotopic (exact) mass is 372 g/mol. The second-order valence-electron chi connectivity index (χ2n) is 5.86. The average Bonchev–Trinajstić information content (AvgIpc) is 2.66. The van der Waals surface area contributed by atoms with Gasteiger partial charge in [0.05, 0.1) is 12.3 Å². The highest BCUT2D eigenvalue weighted by atomic mass is 32.2. The van der Waals surface area contributed by atoms with Crippen molar-refractivity contribution in [3.8, 4) is 11.5 Å². The molecular formula is C19H20N2O4S. The van der Waals surface area contributed by atoms with Crippen LogP contribution in [0.4, 0.5) is 4.79 Å². The Kier molecular flexibility index (Phi) is 6.01. The zero-order chi connectivity index (χ0) is 18.4. The number of urea groups is 1. The van der Waals surface area contributed by atoms with Crippen LogP contribution in [0.15, 0.2) is 53.4 Å². The van der Waals surface area contributed by atoms with E-state index in [-0.39, 0.29) is 24.3 Å². The van der Waals surface area contributed by atoms with Gasteiger partial charge in [-0.15, -0.1) is 11.8 Å². The summed E-state index contributed by atoms with van der Waals surface area (Å²) in [7, 11) is 0. The Labute approximate surface area is 156 Å². The molecule has 26 heavy (non-hydrogen) atoms. The fourth-order valence-electron chi connectivity index (χ4n) is 2.36. The van der Waals surface area contributed by atoms with Gasteiger partial charge in [0, 0.05) is 4.90 Å². The molecule has 0 fully saturated rings. The van der Waals surface area contributed by atoms with Crippen LogP contribution in [0.25, 0.3) is 0 Å². The molecule has 0 spiro atoms. The zero-order valence-corrected chi connectivity index (χ0v) is 15.2. The molecule has 2 N–H and O–H groups in total. The van der Waals surface area contributed by atoms with Crippen LogP contribution in [0.2, 0.25) is 0 Å². The number of ether oxygens (including phenoxy) is 2. The number of para-hydroxylation sites is 2. The molecule has 0 bridgehead atoms. The number of fused-ring (bicyclic) bond motifs is 1.